The normalized spacial score (nSPS) is 10.8. The monoisotopic (exact) mass is 358 g/mol. The molecule has 1 aromatic rings. The SMILES string of the molecule is CCOc1ccc(C(=O)NC(=S)NC(C)(C)C)cc1Br. The first-order valence-corrected chi connectivity index (χ1v) is 7.49. The third-order valence-electron chi connectivity index (χ3n) is 2.21. The third-order valence-corrected chi connectivity index (χ3v) is 3.03. The Labute approximate surface area is 133 Å². The average molecular weight is 359 g/mol. The van der Waals surface area contributed by atoms with Crippen LogP contribution in [0.3, 0.4) is 0 Å². The van der Waals surface area contributed by atoms with E-state index in [2.05, 4.69) is 26.6 Å². The van der Waals surface area contributed by atoms with E-state index in [0.717, 1.165) is 4.47 Å². The highest BCUT2D eigenvalue weighted by Crippen LogP contribution is 2.25. The zero-order valence-electron chi connectivity index (χ0n) is 12.0. The Hall–Kier alpha value is -1.14. The molecule has 20 heavy (non-hydrogen) atoms. The van der Waals surface area contributed by atoms with Gasteiger partial charge in [0.1, 0.15) is 5.75 Å². The van der Waals surface area contributed by atoms with Crippen molar-refractivity contribution in [2.45, 2.75) is 33.2 Å². The van der Waals surface area contributed by atoms with E-state index in [-0.39, 0.29) is 11.4 Å². The fraction of sp³-hybridized carbons (Fsp3) is 0.429. The van der Waals surface area contributed by atoms with Crippen molar-refractivity contribution in [3.05, 3.63) is 28.2 Å². The van der Waals surface area contributed by atoms with Gasteiger partial charge in [-0.2, -0.15) is 0 Å². The van der Waals surface area contributed by atoms with E-state index >= 15 is 0 Å². The molecule has 0 unspecified atom stereocenters. The first-order valence-electron chi connectivity index (χ1n) is 6.29. The Kier molecular flexibility index (Phi) is 5.95. The van der Waals surface area contributed by atoms with Crippen molar-refractivity contribution in [1.82, 2.24) is 10.6 Å². The molecule has 0 spiro atoms. The van der Waals surface area contributed by atoms with Crippen LogP contribution in [-0.2, 0) is 0 Å². The van der Waals surface area contributed by atoms with Gasteiger partial charge in [-0.15, -0.1) is 0 Å². The Morgan fingerprint density at radius 2 is 2.05 bits per heavy atom. The van der Waals surface area contributed by atoms with Crippen LogP contribution in [-0.4, -0.2) is 23.2 Å². The molecule has 4 nitrogen and oxygen atoms in total. The summed E-state index contributed by atoms with van der Waals surface area (Å²) in [5.74, 6) is 0.454. The second kappa shape index (κ2) is 7.04. The number of amides is 1. The van der Waals surface area contributed by atoms with Gasteiger partial charge in [0, 0.05) is 11.1 Å². The molecule has 0 aromatic heterocycles. The molecule has 0 atom stereocenters. The molecule has 0 fully saturated rings. The molecular weight excluding hydrogens is 340 g/mol. The van der Waals surface area contributed by atoms with Crippen LogP contribution in [0.4, 0.5) is 0 Å². The van der Waals surface area contributed by atoms with Gasteiger partial charge in [-0.3, -0.25) is 10.1 Å². The van der Waals surface area contributed by atoms with Gasteiger partial charge in [-0.05, 0) is 74.0 Å². The van der Waals surface area contributed by atoms with Crippen LogP contribution >= 0.6 is 28.1 Å². The molecular formula is C14H19BrN2O2S. The molecule has 0 saturated carbocycles. The van der Waals surface area contributed by atoms with Crippen molar-refractivity contribution < 1.29 is 9.53 Å². The molecule has 0 radical (unpaired) electrons. The van der Waals surface area contributed by atoms with Crippen LogP contribution < -0.4 is 15.4 Å². The second-order valence-corrected chi connectivity index (χ2v) is 6.50. The van der Waals surface area contributed by atoms with Crippen LogP contribution in [0.25, 0.3) is 0 Å². The molecule has 0 bridgehead atoms. The Morgan fingerprint density at radius 3 is 2.55 bits per heavy atom. The lowest BCUT2D eigenvalue weighted by atomic mass is 10.1. The summed E-state index contributed by atoms with van der Waals surface area (Å²) in [5.41, 5.74) is 0.322. The summed E-state index contributed by atoms with van der Waals surface area (Å²) >= 11 is 8.48. The van der Waals surface area contributed by atoms with Gasteiger partial charge in [-0.25, -0.2) is 0 Å². The molecule has 1 aromatic carbocycles. The van der Waals surface area contributed by atoms with Crippen LogP contribution in [0.15, 0.2) is 22.7 Å². The van der Waals surface area contributed by atoms with Gasteiger partial charge in [-0.1, -0.05) is 0 Å². The smallest absolute Gasteiger partial charge is 0.257 e. The standard InChI is InChI=1S/C14H19BrN2O2S/c1-5-19-11-7-6-9(8-10(11)15)12(18)16-13(20)17-14(2,3)4/h6-8H,5H2,1-4H3,(H2,16,17,18,20). The molecule has 0 aliphatic rings. The number of hydrogen-bond donors (Lipinski definition) is 2. The maximum Gasteiger partial charge on any atom is 0.257 e. The molecule has 110 valence electrons. The van der Waals surface area contributed by atoms with Crippen LogP contribution in [0.1, 0.15) is 38.1 Å². The van der Waals surface area contributed by atoms with Crippen LogP contribution in [0, 0.1) is 0 Å². The predicted molar refractivity (Wildman–Crippen MR) is 88.3 cm³/mol. The van der Waals surface area contributed by atoms with E-state index in [9.17, 15) is 4.79 Å². The lowest BCUT2D eigenvalue weighted by Crippen LogP contribution is -2.48. The van der Waals surface area contributed by atoms with Gasteiger partial charge in [0.25, 0.3) is 5.91 Å². The molecule has 0 aliphatic heterocycles. The summed E-state index contributed by atoms with van der Waals surface area (Å²) in [5, 5.41) is 5.99. The van der Waals surface area contributed by atoms with E-state index in [0.29, 0.717) is 23.0 Å². The lowest BCUT2D eigenvalue weighted by Gasteiger charge is -2.22. The van der Waals surface area contributed by atoms with E-state index in [1.165, 1.54) is 0 Å². The number of benzene rings is 1. The number of halogens is 1. The molecule has 0 heterocycles. The van der Waals surface area contributed by atoms with Crippen molar-refractivity contribution in [3.8, 4) is 5.75 Å². The molecule has 0 aliphatic carbocycles. The first kappa shape index (κ1) is 16.9. The number of carbonyl (C=O) groups is 1. The summed E-state index contributed by atoms with van der Waals surface area (Å²) in [6.07, 6.45) is 0. The molecule has 1 rings (SSSR count). The van der Waals surface area contributed by atoms with Crippen molar-refractivity contribution in [2.75, 3.05) is 6.61 Å². The zero-order chi connectivity index (χ0) is 15.3. The van der Waals surface area contributed by atoms with E-state index < -0.39 is 0 Å². The number of nitrogens with one attached hydrogen (secondary N) is 2. The first-order chi connectivity index (χ1) is 9.23. The van der Waals surface area contributed by atoms with Crippen molar-refractivity contribution in [1.29, 1.82) is 0 Å². The number of carbonyl (C=O) groups excluding carboxylic acids is 1. The minimum absolute atomic E-state index is 0.191. The fourth-order valence-corrected chi connectivity index (χ4v) is 2.35. The van der Waals surface area contributed by atoms with Gasteiger partial charge < -0.3 is 10.1 Å². The summed E-state index contributed by atoms with van der Waals surface area (Å²) in [6, 6.07) is 5.16. The number of hydrogen-bond acceptors (Lipinski definition) is 3. The van der Waals surface area contributed by atoms with Crippen molar-refractivity contribution in [2.24, 2.45) is 0 Å². The van der Waals surface area contributed by atoms with Gasteiger partial charge in [0.2, 0.25) is 0 Å². The van der Waals surface area contributed by atoms with Gasteiger partial charge in [0.05, 0.1) is 11.1 Å². The maximum atomic E-state index is 12.1. The summed E-state index contributed by atoms with van der Waals surface area (Å²) in [6.45, 7) is 8.39. The topological polar surface area (TPSA) is 50.4 Å². The Morgan fingerprint density at radius 1 is 1.40 bits per heavy atom. The maximum absolute atomic E-state index is 12.1. The lowest BCUT2D eigenvalue weighted by molar-refractivity contribution is 0.0976. The number of rotatable bonds is 3. The third kappa shape index (κ3) is 5.46. The van der Waals surface area contributed by atoms with E-state index in [4.69, 9.17) is 17.0 Å². The second-order valence-electron chi connectivity index (χ2n) is 5.24. The minimum atomic E-state index is -0.254. The highest BCUT2D eigenvalue weighted by molar-refractivity contribution is 9.10. The molecule has 1 amide bonds. The number of thiocarbonyl (C=S) groups is 1. The van der Waals surface area contributed by atoms with Crippen LogP contribution in [0.2, 0.25) is 0 Å². The highest BCUT2D eigenvalue weighted by Gasteiger charge is 2.14. The summed E-state index contributed by atoms with van der Waals surface area (Å²) < 4.78 is 6.14. The summed E-state index contributed by atoms with van der Waals surface area (Å²) in [4.78, 5) is 12.1. The fourth-order valence-electron chi connectivity index (χ4n) is 1.46. The predicted octanol–water partition coefficient (Wildman–Crippen LogP) is 3.25. The van der Waals surface area contributed by atoms with Crippen LogP contribution in [0.5, 0.6) is 5.75 Å². The van der Waals surface area contributed by atoms with Crippen molar-refractivity contribution in [3.63, 3.8) is 0 Å². The largest absolute Gasteiger partial charge is 0.493 e. The quantitative estimate of drug-likeness (QED) is 0.814. The number of ether oxygens (including phenoxy) is 1. The minimum Gasteiger partial charge on any atom is -0.493 e. The molecule has 2 N–H and O–H groups in total. The van der Waals surface area contributed by atoms with Crippen molar-refractivity contribution >= 4 is 39.2 Å². The average Bonchev–Trinajstić information content (AvgIpc) is 2.29. The van der Waals surface area contributed by atoms with E-state index in [1.807, 2.05) is 27.7 Å². The van der Waals surface area contributed by atoms with Gasteiger partial charge in [0.15, 0.2) is 5.11 Å². The summed E-state index contributed by atoms with van der Waals surface area (Å²) in [7, 11) is 0. The molecule has 6 heteroatoms. The Balaban J connectivity index is 2.73. The zero-order valence-corrected chi connectivity index (χ0v) is 14.4. The highest BCUT2D eigenvalue weighted by atomic mass is 79.9. The Bertz CT molecular complexity index is 512. The van der Waals surface area contributed by atoms with Gasteiger partial charge >= 0.3 is 0 Å². The van der Waals surface area contributed by atoms with E-state index in [1.54, 1.807) is 18.2 Å². The molecule has 0 saturated heterocycles.